The van der Waals surface area contributed by atoms with E-state index in [1.54, 1.807) is 0 Å². The lowest BCUT2D eigenvalue weighted by Gasteiger charge is -2.21. The highest BCUT2D eigenvalue weighted by molar-refractivity contribution is 14.1. The average molecular weight is 1300 g/mol. The van der Waals surface area contributed by atoms with Crippen molar-refractivity contribution in [2.75, 3.05) is 39.6 Å². The van der Waals surface area contributed by atoms with Crippen LogP contribution in [-0.4, -0.2) is 39.6 Å². The molecule has 3 aromatic carbocycles. The number of halogens is 2. The molecule has 0 aromatic heterocycles. The third kappa shape index (κ3) is 26.1. The van der Waals surface area contributed by atoms with E-state index in [-0.39, 0.29) is 0 Å². The van der Waals surface area contributed by atoms with Gasteiger partial charge in [-0.3, -0.25) is 0 Å². The molecular weight excluding hydrogens is 1190 g/mol. The molecule has 0 aliphatic heterocycles. The normalized spacial score (nSPS) is 14.1. The zero-order chi connectivity index (χ0) is 56.9. The van der Waals surface area contributed by atoms with Gasteiger partial charge in [0.2, 0.25) is 0 Å². The van der Waals surface area contributed by atoms with Crippen molar-refractivity contribution in [2.24, 2.45) is 35.5 Å². The third-order valence-corrected chi connectivity index (χ3v) is 17.9. The van der Waals surface area contributed by atoms with Gasteiger partial charge >= 0.3 is 0 Å². The van der Waals surface area contributed by atoms with Crippen LogP contribution in [0.4, 0.5) is 0 Å². The van der Waals surface area contributed by atoms with E-state index in [1.165, 1.54) is 103 Å². The fraction of sp³-hybridized carbons (Fsp3) is 0.686. The van der Waals surface area contributed by atoms with E-state index in [9.17, 15) is 0 Å². The highest BCUT2D eigenvalue weighted by Crippen LogP contribution is 2.39. The number of rotatable bonds is 46. The largest absolute Gasteiger partial charge is 0.493 e. The summed E-state index contributed by atoms with van der Waals surface area (Å²) in [5, 5.41) is 0. The molecule has 0 saturated carbocycles. The average Bonchev–Trinajstić information content (AvgIpc) is 3.46. The van der Waals surface area contributed by atoms with Crippen molar-refractivity contribution in [3.8, 4) is 34.5 Å². The second-order valence-electron chi connectivity index (χ2n) is 22.6. The van der Waals surface area contributed by atoms with Crippen molar-refractivity contribution in [2.45, 2.75) is 237 Å². The molecule has 0 fully saturated rings. The SMILES string of the molecule is CCCCC(CC)COc1cc(/C=C/c2cc(OCC(CC)CCCC)c(/C=C/c3cc(OCC(CC)CCCC)c(I)cc3OCC(CC)CCCC)cc2OCC(CC)CCCC)c(OCC(CC)CCCC)cc1I. The summed E-state index contributed by atoms with van der Waals surface area (Å²) in [5.74, 6) is 8.31. The Balaban J connectivity index is 2.34. The Morgan fingerprint density at radius 1 is 0.282 bits per heavy atom. The number of hydrogen-bond acceptors (Lipinski definition) is 6. The van der Waals surface area contributed by atoms with Crippen molar-refractivity contribution in [3.05, 3.63) is 65.8 Å². The van der Waals surface area contributed by atoms with Crippen LogP contribution in [0.15, 0.2) is 36.4 Å². The number of ether oxygens (including phenoxy) is 6. The molecule has 3 aromatic rings. The Kier molecular flexibility index (Phi) is 37.7. The topological polar surface area (TPSA) is 55.4 Å². The summed E-state index contributed by atoms with van der Waals surface area (Å²) in [6, 6.07) is 13.3. The molecule has 78 heavy (non-hydrogen) atoms. The molecule has 8 heteroatoms. The molecule has 0 spiro atoms. The highest BCUT2D eigenvalue weighted by Gasteiger charge is 2.20. The van der Waals surface area contributed by atoms with Crippen LogP contribution in [0.1, 0.15) is 259 Å². The van der Waals surface area contributed by atoms with Crippen LogP contribution in [0.5, 0.6) is 34.5 Å². The first-order chi connectivity index (χ1) is 38.0. The van der Waals surface area contributed by atoms with E-state index in [4.69, 9.17) is 28.4 Å². The molecule has 0 radical (unpaired) electrons. The van der Waals surface area contributed by atoms with Gasteiger partial charge in [0, 0.05) is 22.3 Å². The van der Waals surface area contributed by atoms with Crippen molar-refractivity contribution >= 4 is 69.5 Å². The van der Waals surface area contributed by atoms with Crippen molar-refractivity contribution in [3.63, 3.8) is 0 Å². The van der Waals surface area contributed by atoms with E-state index >= 15 is 0 Å². The van der Waals surface area contributed by atoms with Crippen LogP contribution >= 0.6 is 45.2 Å². The second-order valence-corrected chi connectivity index (χ2v) is 24.9. The monoisotopic (exact) mass is 1300 g/mol. The number of hydrogen-bond donors (Lipinski definition) is 0. The smallest absolute Gasteiger partial charge is 0.133 e. The molecule has 6 atom stereocenters. The molecule has 0 heterocycles. The summed E-state index contributed by atoms with van der Waals surface area (Å²) in [7, 11) is 0. The Hall–Kier alpha value is -2.60. The number of benzene rings is 3. The van der Waals surface area contributed by atoms with Crippen LogP contribution in [0, 0.1) is 42.6 Å². The Labute approximate surface area is 506 Å². The second kappa shape index (κ2) is 42.3. The Bertz CT molecular complexity index is 1950. The van der Waals surface area contributed by atoms with Gasteiger partial charge < -0.3 is 28.4 Å². The van der Waals surface area contributed by atoms with E-state index in [0.29, 0.717) is 75.1 Å². The fourth-order valence-electron chi connectivity index (χ4n) is 9.93. The summed E-state index contributed by atoms with van der Waals surface area (Å²) >= 11 is 4.89. The van der Waals surface area contributed by atoms with Crippen LogP contribution in [0.3, 0.4) is 0 Å². The van der Waals surface area contributed by atoms with Crippen molar-refractivity contribution in [1.82, 2.24) is 0 Å². The minimum atomic E-state index is 0.462. The Morgan fingerprint density at radius 2 is 0.462 bits per heavy atom. The molecule has 0 aliphatic carbocycles. The van der Waals surface area contributed by atoms with Crippen LogP contribution in [0.25, 0.3) is 24.3 Å². The van der Waals surface area contributed by atoms with Gasteiger partial charge in [-0.15, -0.1) is 0 Å². The molecule has 0 N–H and O–H groups in total. The molecule has 6 unspecified atom stereocenters. The van der Waals surface area contributed by atoms with Gasteiger partial charge in [0.15, 0.2) is 0 Å². The minimum absolute atomic E-state index is 0.462. The maximum absolute atomic E-state index is 7.05. The first-order valence-electron chi connectivity index (χ1n) is 32.0. The van der Waals surface area contributed by atoms with E-state index in [0.717, 1.165) is 115 Å². The van der Waals surface area contributed by atoms with Crippen LogP contribution in [0.2, 0.25) is 0 Å². The van der Waals surface area contributed by atoms with Gasteiger partial charge in [-0.1, -0.05) is 223 Å². The third-order valence-electron chi connectivity index (χ3n) is 16.3. The van der Waals surface area contributed by atoms with Crippen LogP contribution < -0.4 is 28.4 Å². The van der Waals surface area contributed by atoms with Gasteiger partial charge in [-0.25, -0.2) is 0 Å². The quantitative estimate of drug-likeness (QED) is 0.0415. The van der Waals surface area contributed by atoms with Gasteiger partial charge in [-0.2, -0.15) is 0 Å². The van der Waals surface area contributed by atoms with Crippen molar-refractivity contribution < 1.29 is 28.4 Å². The standard InChI is InChI=1S/C70H112I2O6/c1-13-25-31-53(19-7)47-73-65-41-60(38-40-62-44-70(78-52-58(24-12)36-30-18-6)64(72)46-68(62)76-50-56(22-10)34-28-16-4)66(74-48-54(20-8)32-26-14-2)42-59(65)37-39-61-43-69(77-51-57(23-11)35-29-17-5)63(71)45-67(61)75-49-55(21-9)33-27-15-3/h37-46,53-58H,13-36,47-52H2,1-12H3/b39-37+,40-38+. The first kappa shape index (κ1) is 69.7. The van der Waals surface area contributed by atoms with Crippen LogP contribution in [-0.2, 0) is 0 Å². The van der Waals surface area contributed by atoms with E-state index in [2.05, 4.69) is 189 Å². The fourth-order valence-corrected chi connectivity index (χ4v) is 11.1. The molecule has 3 rings (SSSR count). The molecular formula is C70H112I2O6. The maximum Gasteiger partial charge on any atom is 0.133 e. The van der Waals surface area contributed by atoms with Gasteiger partial charge in [0.25, 0.3) is 0 Å². The summed E-state index contributed by atoms with van der Waals surface area (Å²) in [6.07, 6.45) is 36.9. The number of unbranched alkanes of at least 4 members (excludes halogenated alkanes) is 6. The zero-order valence-electron chi connectivity index (χ0n) is 51.7. The van der Waals surface area contributed by atoms with E-state index < -0.39 is 0 Å². The summed E-state index contributed by atoms with van der Waals surface area (Å²) < 4.78 is 43.3. The molecule has 442 valence electrons. The molecule has 6 nitrogen and oxygen atoms in total. The van der Waals surface area contributed by atoms with Gasteiger partial charge in [-0.05, 0) is 156 Å². The molecule has 0 bridgehead atoms. The lowest BCUT2D eigenvalue weighted by Crippen LogP contribution is -2.14. The minimum Gasteiger partial charge on any atom is -0.493 e. The highest BCUT2D eigenvalue weighted by atomic mass is 127. The predicted molar refractivity (Wildman–Crippen MR) is 355 cm³/mol. The summed E-state index contributed by atoms with van der Waals surface area (Å²) in [4.78, 5) is 0. The van der Waals surface area contributed by atoms with Crippen molar-refractivity contribution in [1.29, 1.82) is 0 Å². The maximum atomic E-state index is 7.05. The Morgan fingerprint density at radius 3 is 0.654 bits per heavy atom. The lowest BCUT2D eigenvalue weighted by atomic mass is 10.00. The molecule has 0 saturated heterocycles. The van der Waals surface area contributed by atoms with Gasteiger partial charge in [0.05, 0.1) is 46.8 Å². The summed E-state index contributed by atoms with van der Waals surface area (Å²) in [6.45, 7) is 31.5. The zero-order valence-corrected chi connectivity index (χ0v) is 56.0. The van der Waals surface area contributed by atoms with Gasteiger partial charge in [0.1, 0.15) is 34.5 Å². The first-order valence-corrected chi connectivity index (χ1v) is 34.1. The summed E-state index contributed by atoms with van der Waals surface area (Å²) in [5.41, 5.74) is 3.99. The predicted octanol–water partition coefficient (Wildman–Crippen LogP) is 22.8. The molecule has 0 aliphatic rings. The lowest BCUT2D eigenvalue weighted by molar-refractivity contribution is 0.226. The van der Waals surface area contributed by atoms with E-state index in [1.807, 2.05) is 0 Å². The molecule has 0 amide bonds.